The normalized spacial score (nSPS) is 20.9. The lowest BCUT2D eigenvalue weighted by molar-refractivity contribution is -0.150. The third-order valence-corrected chi connectivity index (χ3v) is 5.85. The van der Waals surface area contributed by atoms with Crippen LogP contribution in [0.4, 0.5) is 0 Å². The fourth-order valence-electron chi connectivity index (χ4n) is 4.36. The minimum atomic E-state index is -1.02. The molecule has 1 aliphatic rings. The van der Waals surface area contributed by atoms with Crippen LogP contribution < -0.4 is 0 Å². The van der Waals surface area contributed by atoms with E-state index in [4.69, 9.17) is 9.47 Å². The van der Waals surface area contributed by atoms with E-state index in [1.54, 1.807) is 0 Å². The summed E-state index contributed by atoms with van der Waals surface area (Å²) in [5, 5.41) is 0. The van der Waals surface area contributed by atoms with Gasteiger partial charge >= 0.3 is 5.97 Å². The fraction of sp³-hybridized carbons (Fsp3) is 0.296. The van der Waals surface area contributed by atoms with Gasteiger partial charge in [0.25, 0.3) is 0 Å². The molecule has 0 unspecified atom stereocenters. The highest BCUT2D eigenvalue weighted by Gasteiger charge is 2.69. The molecule has 4 heteroatoms. The van der Waals surface area contributed by atoms with Crippen LogP contribution in [0.3, 0.4) is 0 Å². The molecule has 1 aliphatic heterocycles. The van der Waals surface area contributed by atoms with Crippen molar-refractivity contribution in [2.75, 3.05) is 20.2 Å². The maximum absolute atomic E-state index is 13.3. The van der Waals surface area contributed by atoms with Crippen molar-refractivity contribution in [3.63, 3.8) is 0 Å². The third-order valence-electron chi connectivity index (χ3n) is 5.85. The number of benzene rings is 3. The Labute approximate surface area is 184 Å². The molecule has 31 heavy (non-hydrogen) atoms. The molecule has 3 aromatic rings. The van der Waals surface area contributed by atoms with E-state index in [0.717, 1.165) is 17.7 Å². The summed E-state index contributed by atoms with van der Waals surface area (Å²) < 4.78 is 11.8. The number of nitrogens with zero attached hydrogens (tertiary/aromatic N) is 1. The largest absolute Gasteiger partial charge is 0.464 e. The summed E-state index contributed by atoms with van der Waals surface area (Å²) in [7, 11) is 2.09. The molecular weight excluding hydrogens is 386 g/mol. The van der Waals surface area contributed by atoms with Crippen LogP contribution in [0.5, 0.6) is 0 Å². The topological polar surface area (TPSA) is 42.1 Å². The first-order chi connectivity index (χ1) is 15.1. The van der Waals surface area contributed by atoms with Crippen LogP contribution in [-0.2, 0) is 20.8 Å². The van der Waals surface area contributed by atoms with Gasteiger partial charge in [-0.1, -0.05) is 91.0 Å². The zero-order valence-electron chi connectivity index (χ0n) is 18.1. The summed E-state index contributed by atoms with van der Waals surface area (Å²) in [5.41, 5.74) is 2.29. The Kier molecular flexibility index (Phi) is 6.50. The van der Waals surface area contributed by atoms with Crippen molar-refractivity contribution in [2.45, 2.75) is 31.1 Å². The van der Waals surface area contributed by atoms with Gasteiger partial charge in [0.2, 0.25) is 5.60 Å². The number of hydrogen-bond donors (Lipinski definition) is 0. The molecule has 1 heterocycles. The molecule has 0 amide bonds. The molecule has 4 nitrogen and oxygen atoms in total. The Bertz CT molecular complexity index is 977. The van der Waals surface area contributed by atoms with Crippen molar-refractivity contribution in [1.29, 1.82) is 0 Å². The van der Waals surface area contributed by atoms with Crippen LogP contribution in [0.25, 0.3) is 0 Å². The Balaban J connectivity index is 1.67. The molecule has 0 saturated carbocycles. The highest BCUT2D eigenvalue weighted by molar-refractivity contribution is 5.85. The van der Waals surface area contributed by atoms with Crippen molar-refractivity contribution >= 4 is 5.97 Å². The number of epoxide rings is 1. The zero-order chi connectivity index (χ0) is 21.7. The van der Waals surface area contributed by atoms with E-state index in [2.05, 4.69) is 36.2 Å². The standard InChI is InChI=1S/C27H29NO3/c1-3-30-26(29)27(25(31-27)23-17-11-6-12-18-23)24(22-15-9-5-10-16-22)20-28(2)19-21-13-7-4-8-14-21/h4-18,24-25H,3,19-20H2,1-2H3/t24-,25-,27-/m0/s1. The quantitative estimate of drug-likeness (QED) is 0.365. The first kappa shape index (κ1) is 21.3. The molecule has 1 fully saturated rings. The van der Waals surface area contributed by atoms with Crippen molar-refractivity contribution in [1.82, 2.24) is 4.90 Å². The second-order valence-corrected chi connectivity index (χ2v) is 8.07. The summed E-state index contributed by atoms with van der Waals surface area (Å²) >= 11 is 0. The van der Waals surface area contributed by atoms with E-state index in [0.29, 0.717) is 13.2 Å². The smallest absolute Gasteiger partial charge is 0.342 e. The second-order valence-electron chi connectivity index (χ2n) is 8.07. The lowest BCUT2D eigenvalue weighted by atomic mass is 9.81. The lowest BCUT2D eigenvalue weighted by Crippen LogP contribution is -2.40. The first-order valence-corrected chi connectivity index (χ1v) is 10.8. The predicted octanol–water partition coefficient (Wildman–Crippen LogP) is 4.98. The summed E-state index contributed by atoms with van der Waals surface area (Å²) in [6.07, 6.45) is -0.317. The van der Waals surface area contributed by atoms with Crippen LogP contribution in [0.1, 0.15) is 35.6 Å². The van der Waals surface area contributed by atoms with Gasteiger partial charge in [-0.3, -0.25) is 0 Å². The van der Waals surface area contributed by atoms with Gasteiger partial charge in [0.05, 0.1) is 6.61 Å². The summed E-state index contributed by atoms with van der Waals surface area (Å²) in [5.74, 6) is -0.447. The molecule has 0 aliphatic carbocycles. The zero-order valence-corrected chi connectivity index (χ0v) is 18.1. The monoisotopic (exact) mass is 415 g/mol. The molecule has 3 aromatic carbocycles. The van der Waals surface area contributed by atoms with E-state index >= 15 is 0 Å². The maximum atomic E-state index is 13.3. The Morgan fingerprint density at radius 3 is 2.16 bits per heavy atom. The molecule has 4 rings (SSSR count). The number of rotatable bonds is 9. The molecule has 0 N–H and O–H groups in total. The number of esters is 1. The molecule has 0 aromatic heterocycles. The molecule has 160 valence electrons. The van der Waals surface area contributed by atoms with Gasteiger partial charge < -0.3 is 14.4 Å². The van der Waals surface area contributed by atoms with Gasteiger partial charge in [0, 0.05) is 19.0 Å². The number of hydrogen-bond acceptors (Lipinski definition) is 4. The summed E-state index contributed by atoms with van der Waals surface area (Å²) in [6.45, 7) is 3.62. The van der Waals surface area contributed by atoms with Crippen LogP contribution >= 0.6 is 0 Å². The van der Waals surface area contributed by atoms with Crippen LogP contribution in [0.2, 0.25) is 0 Å². The van der Waals surface area contributed by atoms with E-state index in [-0.39, 0.29) is 18.0 Å². The Morgan fingerprint density at radius 1 is 0.968 bits per heavy atom. The first-order valence-electron chi connectivity index (χ1n) is 10.8. The minimum Gasteiger partial charge on any atom is -0.464 e. The molecule has 3 atom stereocenters. The predicted molar refractivity (Wildman–Crippen MR) is 122 cm³/mol. The van der Waals surface area contributed by atoms with E-state index in [1.807, 2.05) is 73.7 Å². The Hall–Kier alpha value is -2.95. The van der Waals surface area contributed by atoms with Crippen LogP contribution in [0, 0.1) is 0 Å². The van der Waals surface area contributed by atoms with Crippen LogP contribution in [0.15, 0.2) is 91.0 Å². The number of carbonyl (C=O) groups is 1. The van der Waals surface area contributed by atoms with Gasteiger partial charge in [-0.15, -0.1) is 0 Å². The molecular formula is C27H29NO3. The third kappa shape index (κ3) is 4.55. The maximum Gasteiger partial charge on any atom is 0.342 e. The van der Waals surface area contributed by atoms with Crippen LogP contribution in [-0.4, -0.2) is 36.7 Å². The average Bonchev–Trinajstić information content (AvgIpc) is 3.56. The molecule has 0 bridgehead atoms. The number of ether oxygens (including phenoxy) is 2. The molecule has 0 radical (unpaired) electrons. The lowest BCUT2D eigenvalue weighted by Gasteiger charge is -2.29. The van der Waals surface area contributed by atoms with E-state index < -0.39 is 5.60 Å². The summed E-state index contributed by atoms with van der Waals surface area (Å²) in [6, 6.07) is 30.5. The van der Waals surface area contributed by atoms with Gasteiger partial charge in [0.1, 0.15) is 6.10 Å². The fourth-order valence-corrected chi connectivity index (χ4v) is 4.36. The SMILES string of the molecule is CCOC(=O)[C@@]1([C@@H](CN(C)Cc2ccccc2)c2ccccc2)O[C@H]1c1ccccc1. The Morgan fingerprint density at radius 2 is 1.55 bits per heavy atom. The van der Waals surface area contributed by atoms with Crippen molar-refractivity contribution < 1.29 is 14.3 Å². The average molecular weight is 416 g/mol. The van der Waals surface area contributed by atoms with Gasteiger partial charge in [-0.2, -0.15) is 0 Å². The highest BCUT2D eigenvalue weighted by atomic mass is 16.7. The second kappa shape index (κ2) is 9.46. The van der Waals surface area contributed by atoms with Gasteiger partial charge in [0.15, 0.2) is 0 Å². The number of carbonyl (C=O) groups excluding carboxylic acids is 1. The van der Waals surface area contributed by atoms with E-state index in [9.17, 15) is 4.79 Å². The van der Waals surface area contributed by atoms with Crippen molar-refractivity contribution in [3.05, 3.63) is 108 Å². The van der Waals surface area contributed by atoms with Gasteiger partial charge in [-0.25, -0.2) is 4.79 Å². The van der Waals surface area contributed by atoms with Crippen molar-refractivity contribution in [2.24, 2.45) is 0 Å². The molecule has 1 saturated heterocycles. The van der Waals surface area contributed by atoms with E-state index in [1.165, 1.54) is 5.56 Å². The molecule has 0 spiro atoms. The summed E-state index contributed by atoms with van der Waals surface area (Å²) in [4.78, 5) is 15.5. The van der Waals surface area contributed by atoms with Gasteiger partial charge in [-0.05, 0) is 30.7 Å². The minimum absolute atomic E-state index is 0.160. The van der Waals surface area contributed by atoms with Crippen molar-refractivity contribution in [3.8, 4) is 0 Å². The number of likely N-dealkylation sites (N-methyl/N-ethyl adjacent to an activating group) is 1. The highest BCUT2D eigenvalue weighted by Crippen LogP contribution is 2.58.